The molecule has 2 aromatic carbocycles. The third-order valence-corrected chi connectivity index (χ3v) is 8.99. The van der Waals surface area contributed by atoms with Crippen molar-refractivity contribution in [2.75, 3.05) is 12.4 Å². The van der Waals surface area contributed by atoms with E-state index in [9.17, 15) is 14.7 Å². The maximum atomic E-state index is 12.9. The van der Waals surface area contributed by atoms with Gasteiger partial charge in [-0.05, 0) is 103 Å². The summed E-state index contributed by atoms with van der Waals surface area (Å²) >= 11 is 0. The molecule has 2 N–H and O–H groups in total. The molecule has 0 aromatic heterocycles. The van der Waals surface area contributed by atoms with Gasteiger partial charge in [-0.15, -0.1) is 6.42 Å². The van der Waals surface area contributed by atoms with Crippen LogP contribution < -0.4 is 10.1 Å². The Morgan fingerprint density at radius 2 is 1.69 bits per heavy atom. The van der Waals surface area contributed by atoms with Crippen molar-refractivity contribution in [3.05, 3.63) is 59.2 Å². The third-order valence-electron chi connectivity index (χ3n) is 8.99. The normalized spacial score (nSPS) is 31.9. The number of ether oxygens (including phenoxy) is 1. The molecule has 0 unspecified atom stereocenters. The smallest absolute Gasteiger partial charge is 0.326 e. The number of carboxylic acid groups (broad SMARTS) is 1. The standard InChI is InChI=1S/C30H32N2O4/c1-3-27(33)32-26(29(34)35)14-22-13-24(36-2)8-9-25(22)28(32)21-4-6-23(7-5-21)31-30-15-18-10-19(16-30)12-20(11-18)17-30/h1,4-9,13,18-20,26,28,31H,10-12,14-17H2,2H3,(H,34,35)/t18?,19?,20?,26-,28+,30?/m1/s1. The summed E-state index contributed by atoms with van der Waals surface area (Å²) in [6.07, 6.45) is 13.6. The summed E-state index contributed by atoms with van der Waals surface area (Å²) in [5, 5.41) is 13.9. The highest BCUT2D eigenvalue weighted by atomic mass is 16.5. The average Bonchev–Trinajstić information content (AvgIpc) is 2.86. The fraction of sp³-hybridized carbons (Fsp3) is 0.467. The molecular formula is C30H32N2O4. The van der Waals surface area contributed by atoms with E-state index >= 15 is 0 Å². The predicted molar refractivity (Wildman–Crippen MR) is 137 cm³/mol. The number of amides is 1. The molecule has 2 atom stereocenters. The molecular weight excluding hydrogens is 452 g/mol. The van der Waals surface area contributed by atoms with E-state index in [1.54, 1.807) is 7.11 Å². The number of hydrogen-bond acceptors (Lipinski definition) is 4. The van der Waals surface area contributed by atoms with Crippen molar-refractivity contribution in [3.63, 3.8) is 0 Å². The fourth-order valence-electron chi connectivity index (χ4n) is 7.99. The summed E-state index contributed by atoms with van der Waals surface area (Å²) in [5.74, 6) is 3.69. The fourth-order valence-corrected chi connectivity index (χ4v) is 7.99. The number of carbonyl (C=O) groups is 2. The molecule has 1 aliphatic heterocycles. The van der Waals surface area contributed by atoms with Crippen LogP contribution in [0.15, 0.2) is 42.5 Å². The first-order valence-electron chi connectivity index (χ1n) is 12.9. The van der Waals surface area contributed by atoms with E-state index in [-0.39, 0.29) is 12.0 Å². The second-order valence-corrected chi connectivity index (χ2v) is 11.3. The van der Waals surface area contributed by atoms with Crippen LogP contribution in [0.3, 0.4) is 0 Å². The maximum absolute atomic E-state index is 12.9. The molecule has 1 heterocycles. The zero-order valence-corrected chi connectivity index (χ0v) is 20.6. The van der Waals surface area contributed by atoms with Gasteiger partial charge < -0.3 is 20.1 Å². The van der Waals surface area contributed by atoms with Gasteiger partial charge in [0, 0.05) is 17.6 Å². The number of hydrogen-bond donors (Lipinski definition) is 2. The van der Waals surface area contributed by atoms with E-state index < -0.39 is 24.0 Å². The lowest BCUT2D eigenvalue weighted by Gasteiger charge is -2.57. The van der Waals surface area contributed by atoms with Gasteiger partial charge >= 0.3 is 5.97 Å². The molecule has 36 heavy (non-hydrogen) atoms. The van der Waals surface area contributed by atoms with Crippen LogP contribution in [0.1, 0.15) is 61.3 Å². The molecule has 0 spiro atoms. The van der Waals surface area contributed by atoms with Crippen LogP contribution in [-0.4, -0.2) is 40.6 Å². The molecule has 4 aliphatic carbocycles. The molecule has 0 radical (unpaired) electrons. The Balaban J connectivity index is 1.34. The van der Waals surface area contributed by atoms with Crippen LogP contribution in [0.5, 0.6) is 5.75 Å². The number of benzene rings is 2. The van der Waals surface area contributed by atoms with Crippen LogP contribution in [0.4, 0.5) is 5.69 Å². The molecule has 186 valence electrons. The summed E-state index contributed by atoms with van der Waals surface area (Å²) in [6.45, 7) is 0. The number of carboxylic acids is 1. The minimum Gasteiger partial charge on any atom is -0.497 e. The van der Waals surface area contributed by atoms with Crippen molar-refractivity contribution in [2.24, 2.45) is 17.8 Å². The molecule has 6 heteroatoms. The Kier molecular flexibility index (Phi) is 5.48. The minimum atomic E-state index is -1.07. The largest absolute Gasteiger partial charge is 0.497 e. The topological polar surface area (TPSA) is 78.9 Å². The lowest BCUT2D eigenvalue weighted by atomic mass is 9.53. The van der Waals surface area contributed by atoms with Crippen LogP contribution in [0, 0.1) is 30.1 Å². The highest BCUT2D eigenvalue weighted by Crippen LogP contribution is 2.56. The van der Waals surface area contributed by atoms with E-state index in [0.717, 1.165) is 40.1 Å². The first-order chi connectivity index (χ1) is 17.4. The van der Waals surface area contributed by atoms with Gasteiger partial charge in [-0.1, -0.05) is 18.2 Å². The second-order valence-electron chi connectivity index (χ2n) is 11.3. The number of fused-ring (bicyclic) bond motifs is 1. The number of methoxy groups -OCH3 is 1. The Morgan fingerprint density at radius 1 is 1.06 bits per heavy atom. The number of nitrogens with zero attached hydrogens (tertiary/aromatic N) is 1. The number of carbonyl (C=O) groups excluding carboxylic acids is 1. The van der Waals surface area contributed by atoms with Crippen molar-refractivity contribution >= 4 is 17.6 Å². The Bertz CT molecular complexity index is 1210. The summed E-state index contributed by atoms with van der Waals surface area (Å²) in [4.78, 5) is 26.4. The molecule has 1 amide bonds. The highest BCUT2D eigenvalue weighted by Gasteiger charge is 2.51. The van der Waals surface area contributed by atoms with Crippen molar-refractivity contribution in [1.29, 1.82) is 0 Å². The van der Waals surface area contributed by atoms with Crippen LogP contribution >= 0.6 is 0 Å². The van der Waals surface area contributed by atoms with Gasteiger partial charge in [0.05, 0.1) is 13.2 Å². The van der Waals surface area contributed by atoms with Crippen molar-refractivity contribution in [3.8, 4) is 18.1 Å². The number of terminal acetylenes is 1. The predicted octanol–water partition coefficient (Wildman–Crippen LogP) is 4.64. The molecule has 6 nitrogen and oxygen atoms in total. The van der Waals surface area contributed by atoms with Crippen molar-refractivity contribution in [1.82, 2.24) is 4.90 Å². The minimum absolute atomic E-state index is 0.178. The highest BCUT2D eigenvalue weighted by molar-refractivity contribution is 5.96. The number of nitrogens with one attached hydrogen (secondary N) is 1. The van der Waals surface area contributed by atoms with Gasteiger partial charge in [0.15, 0.2) is 0 Å². The van der Waals surface area contributed by atoms with Gasteiger partial charge in [-0.25, -0.2) is 4.79 Å². The molecule has 4 bridgehead atoms. The Morgan fingerprint density at radius 3 is 2.25 bits per heavy atom. The van der Waals surface area contributed by atoms with Gasteiger partial charge in [0.2, 0.25) is 0 Å². The van der Waals surface area contributed by atoms with Crippen LogP contribution in [0.25, 0.3) is 0 Å². The van der Waals surface area contributed by atoms with Crippen LogP contribution in [0.2, 0.25) is 0 Å². The van der Waals surface area contributed by atoms with E-state index in [4.69, 9.17) is 11.2 Å². The number of anilines is 1. The SMILES string of the molecule is C#CC(=O)N1[C@@H](c2ccc(NC34CC5CC(CC(C5)C3)C4)cc2)c2ccc(OC)cc2C[C@@H]1C(=O)O. The maximum Gasteiger partial charge on any atom is 0.326 e. The average molecular weight is 485 g/mol. The van der Waals surface area contributed by atoms with Gasteiger partial charge in [-0.2, -0.15) is 0 Å². The first kappa shape index (κ1) is 23.0. The zero-order chi connectivity index (χ0) is 25.0. The third kappa shape index (κ3) is 3.82. The molecule has 5 aliphatic rings. The zero-order valence-electron chi connectivity index (χ0n) is 20.6. The van der Waals surface area contributed by atoms with E-state index in [1.807, 2.05) is 30.3 Å². The van der Waals surface area contributed by atoms with E-state index in [2.05, 4.69) is 23.4 Å². The molecule has 7 rings (SSSR count). The van der Waals surface area contributed by atoms with Crippen molar-refractivity contribution in [2.45, 2.75) is 62.6 Å². The molecule has 0 saturated heterocycles. The van der Waals surface area contributed by atoms with Gasteiger partial charge in [0.1, 0.15) is 11.8 Å². The molecule has 4 fully saturated rings. The second kappa shape index (κ2) is 8.58. The first-order valence-corrected chi connectivity index (χ1v) is 12.9. The molecule has 4 saturated carbocycles. The van der Waals surface area contributed by atoms with E-state index in [1.165, 1.54) is 43.4 Å². The lowest BCUT2D eigenvalue weighted by Crippen LogP contribution is -2.54. The molecule has 2 aromatic rings. The Labute approximate surface area is 212 Å². The summed E-state index contributed by atoms with van der Waals surface area (Å²) in [5.41, 5.74) is 3.84. The number of aliphatic carboxylic acids is 1. The quantitative estimate of drug-likeness (QED) is 0.605. The van der Waals surface area contributed by atoms with Crippen LogP contribution in [-0.2, 0) is 16.0 Å². The van der Waals surface area contributed by atoms with Gasteiger partial charge in [-0.3, -0.25) is 4.79 Å². The lowest BCUT2D eigenvalue weighted by molar-refractivity contribution is -0.150. The summed E-state index contributed by atoms with van der Waals surface area (Å²) in [7, 11) is 1.58. The summed E-state index contributed by atoms with van der Waals surface area (Å²) in [6, 6.07) is 12.1. The summed E-state index contributed by atoms with van der Waals surface area (Å²) < 4.78 is 5.37. The number of rotatable bonds is 5. The Hall–Kier alpha value is -3.46. The monoisotopic (exact) mass is 484 g/mol. The van der Waals surface area contributed by atoms with Crippen molar-refractivity contribution < 1.29 is 19.4 Å². The van der Waals surface area contributed by atoms with E-state index in [0.29, 0.717) is 5.75 Å². The van der Waals surface area contributed by atoms with Gasteiger partial charge in [0.25, 0.3) is 5.91 Å².